The molecule has 12 heteroatoms. The molecular formula is C22H22F3N3O5S. The van der Waals surface area contributed by atoms with E-state index in [-0.39, 0.29) is 12.3 Å². The van der Waals surface area contributed by atoms with Gasteiger partial charge in [-0.3, -0.25) is 9.69 Å². The smallest absolute Gasteiger partial charge is 0.366 e. The highest BCUT2D eigenvalue weighted by molar-refractivity contribution is 7.90. The predicted molar refractivity (Wildman–Crippen MR) is 111 cm³/mol. The Balaban J connectivity index is 1.40. The zero-order chi connectivity index (χ0) is 24.3. The van der Waals surface area contributed by atoms with E-state index in [0.29, 0.717) is 25.7 Å². The lowest BCUT2D eigenvalue weighted by molar-refractivity contribution is -0.143. The van der Waals surface area contributed by atoms with E-state index in [1.807, 2.05) is 0 Å². The van der Waals surface area contributed by atoms with Gasteiger partial charge in [0.15, 0.2) is 0 Å². The summed E-state index contributed by atoms with van der Waals surface area (Å²) in [6, 6.07) is 4.17. The molecule has 1 N–H and O–H groups in total. The van der Waals surface area contributed by atoms with Gasteiger partial charge in [-0.05, 0) is 44.4 Å². The Morgan fingerprint density at radius 2 is 2.03 bits per heavy atom. The normalized spacial score (nSPS) is 38.8. The van der Waals surface area contributed by atoms with E-state index < -0.39 is 73.8 Å². The fraction of sp³-hybridized carbons (Fsp3) is 0.636. The lowest BCUT2D eigenvalue weighted by Crippen LogP contribution is -2.62. The molecule has 6 atom stereocenters. The van der Waals surface area contributed by atoms with Crippen molar-refractivity contribution in [2.24, 2.45) is 11.8 Å². The number of carbonyl (C=O) groups excluding carboxylic acids is 1. The highest BCUT2D eigenvalue weighted by Crippen LogP contribution is 2.65. The molecule has 34 heavy (non-hydrogen) atoms. The van der Waals surface area contributed by atoms with Crippen molar-refractivity contribution >= 4 is 21.6 Å². The van der Waals surface area contributed by atoms with Gasteiger partial charge in [-0.15, -0.1) is 0 Å². The number of nitrogens with one attached hydrogen (secondary N) is 1. The molecule has 4 saturated heterocycles. The molecule has 8 nitrogen and oxygen atoms in total. The summed E-state index contributed by atoms with van der Waals surface area (Å²) >= 11 is 0. The fourth-order valence-corrected chi connectivity index (χ4v) is 8.17. The van der Waals surface area contributed by atoms with Gasteiger partial charge in [0.2, 0.25) is 15.9 Å². The molecule has 4 heterocycles. The minimum Gasteiger partial charge on any atom is -0.366 e. The summed E-state index contributed by atoms with van der Waals surface area (Å²) < 4.78 is 81.4. The van der Waals surface area contributed by atoms with Gasteiger partial charge in [0.25, 0.3) is 0 Å². The molecule has 0 aromatic heterocycles. The number of nitriles is 1. The third-order valence-electron chi connectivity index (χ3n) is 8.03. The fourth-order valence-electron chi connectivity index (χ4n) is 6.55. The Hall–Kier alpha value is -2.20. The Labute approximate surface area is 194 Å². The summed E-state index contributed by atoms with van der Waals surface area (Å²) in [4.78, 5) is 14.9. The molecular weight excluding hydrogens is 475 g/mol. The molecule has 1 aliphatic carbocycles. The molecule has 1 aromatic rings. The van der Waals surface area contributed by atoms with Gasteiger partial charge >= 0.3 is 6.18 Å². The van der Waals surface area contributed by atoms with Crippen LogP contribution in [0.4, 0.5) is 18.9 Å². The number of hydrogen-bond donors (Lipinski definition) is 1. The molecule has 4 aliphatic heterocycles. The largest absolute Gasteiger partial charge is 0.417 e. The van der Waals surface area contributed by atoms with Crippen molar-refractivity contribution in [1.29, 1.82) is 5.26 Å². The second kappa shape index (κ2) is 6.72. The number of benzene rings is 1. The summed E-state index contributed by atoms with van der Waals surface area (Å²) in [5.41, 5.74) is -3.62. The van der Waals surface area contributed by atoms with E-state index in [1.165, 1.54) is 11.0 Å². The molecule has 1 spiro atoms. The Morgan fingerprint density at radius 3 is 2.68 bits per heavy atom. The molecule has 5 fully saturated rings. The Bertz CT molecular complexity index is 1240. The van der Waals surface area contributed by atoms with E-state index in [4.69, 9.17) is 14.7 Å². The van der Waals surface area contributed by atoms with Crippen molar-refractivity contribution in [2.45, 2.75) is 67.5 Å². The topological polar surface area (TPSA) is 109 Å². The SMILES string of the molecule is C[C@@]12C[C@@H](NS(=O)(=O)C3CC3)[C@]3(CCO[C@H]4[C@@H]3[C@@H]1C(=O)N4c1ccc(C#N)c(C(F)(F)F)c1)O2. The third kappa shape index (κ3) is 2.87. The number of nitrogens with zero attached hydrogens (tertiary/aromatic N) is 2. The molecule has 182 valence electrons. The van der Waals surface area contributed by atoms with Crippen LogP contribution in [0, 0.1) is 23.2 Å². The molecule has 1 saturated carbocycles. The monoisotopic (exact) mass is 497 g/mol. The highest BCUT2D eigenvalue weighted by Gasteiger charge is 2.78. The number of fused-ring (bicyclic) bond motifs is 2. The van der Waals surface area contributed by atoms with Crippen LogP contribution in [0.25, 0.3) is 0 Å². The minimum absolute atomic E-state index is 0.00844. The van der Waals surface area contributed by atoms with Crippen molar-refractivity contribution in [3.63, 3.8) is 0 Å². The minimum atomic E-state index is -4.77. The van der Waals surface area contributed by atoms with Crippen molar-refractivity contribution < 1.29 is 35.9 Å². The Morgan fingerprint density at radius 1 is 1.29 bits per heavy atom. The first-order valence-corrected chi connectivity index (χ1v) is 12.7. The predicted octanol–water partition coefficient (Wildman–Crippen LogP) is 2.28. The van der Waals surface area contributed by atoms with Crippen LogP contribution in [-0.2, 0) is 30.5 Å². The lowest BCUT2D eigenvalue weighted by atomic mass is 9.64. The average Bonchev–Trinajstić information content (AvgIpc) is 3.46. The van der Waals surface area contributed by atoms with Crippen LogP contribution in [0.1, 0.15) is 43.7 Å². The number of rotatable bonds is 4. The first-order chi connectivity index (χ1) is 15.9. The molecule has 5 aliphatic rings. The van der Waals surface area contributed by atoms with E-state index in [9.17, 15) is 26.4 Å². The second-order valence-corrected chi connectivity index (χ2v) is 12.0. The zero-order valence-electron chi connectivity index (χ0n) is 18.1. The van der Waals surface area contributed by atoms with Gasteiger partial charge in [-0.1, -0.05) is 0 Å². The first kappa shape index (κ1) is 22.3. The molecule has 6 rings (SSSR count). The van der Waals surface area contributed by atoms with E-state index >= 15 is 0 Å². The second-order valence-electron chi connectivity index (χ2n) is 10.1. The van der Waals surface area contributed by atoms with Gasteiger partial charge in [0.1, 0.15) is 6.23 Å². The zero-order valence-corrected chi connectivity index (χ0v) is 18.9. The van der Waals surface area contributed by atoms with Gasteiger partial charge in [-0.25, -0.2) is 13.1 Å². The summed E-state index contributed by atoms with van der Waals surface area (Å²) in [7, 11) is -3.52. The van der Waals surface area contributed by atoms with Gasteiger partial charge in [-0.2, -0.15) is 18.4 Å². The highest BCUT2D eigenvalue weighted by atomic mass is 32.2. The summed E-state index contributed by atoms with van der Waals surface area (Å²) in [5, 5.41) is 8.70. The molecule has 0 radical (unpaired) electrons. The van der Waals surface area contributed by atoms with Crippen LogP contribution in [0.15, 0.2) is 18.2 Å². The Kier molecular flexibility index (Phi) is 4.40. The number of carbonyl (C=O) groups is 1. The maximum absolute atomic E-state index is 13.6. The van der Waals surface area contributed by atoms with Crippen LogP contribution >= 0.6 is 0 Å². The van der Waals surface area contributed by atoms with Crippen LogP contribution in [0.3, 0.4) is 0 Å². The van der Waals surface area contributed by atoms with Crippen molar-refractivity contribution in [2.75, 3.05) is 11.5 Å². The van der Waals surface area contributed by atoms with Crippen LogP contribution in [0.5, 0.6) is 0 Å². The standard InChI is InChI=1S/C22H22F3N3O5S/c1-20-9-15(27-34(30,31)13-4-5-13)21(33-20)6-7-32-19-17(21)16(20)18(29)28(19)12-3-2-11(10-26)14(8-12)22(23,24)25/h2-3,8,13,15-17,19,27H,4-7,9H2,1H3/t15-,16-,17+,19+,20-,21+/m1/s1. The van der Waals surface area contributed by atoms with E-state index in [2.05, 4.69) is 4.72 Å². The number of ether oxygens (including phenoxy) is 2. The van der Waals surface area contributed by atoms with Crippen molar-refractivity contribution in [3.8, 4) is 6.07 Å². The number of hydrogen-bond acceptors (Lipinski definition) is 6. The number of sulfonamides is 1. The van der Waals surface area contributed by atoms with Crippen LogP contribution in [0.2, 0.25) is 0 Å². The van der Waals surface area contributed by atoms with Crippen LogP contribution < -0.4 is 9.62 Å². The number of alkyl halides is 3. The summed E-state index contributed by atoms with van der Waals surface area (Å²) in [5.74, 6) is -1.63. The third-order valence-corrected chi connectivity index (χ3v) is 9.99. The molecule has 2 bridgehead atoms. The summed E-state index contributed by atoms with van der Waals surface area (Å²) in [6.45, 7) is 1.93. The molecule has 1 aromatic carbocycles. The summed E-state index contributed by atoms with van der Waals surface area (Å²) in [6.07, 6.45) is -3.77. The molecule has 1 amide bonds. The van der Waals surface area contributed by atoms with Crippen molar-refractivity contribution in [1.82, 2.24) is 4.72 Å². The lowest BCUT2D eigenvalue weighted by Gasteiger charge is -2.45. The quantitative estimate of drug-likeness (QED) is 0.684. The first-order valence-electron chi connectivity index (χ1n) is 11.2. The maximum atomic E-state index is 13.6. The van der Waals surface area contributed by atoms with Crippen molar-refractivity contribution in [3.05, 3.63) is 29.3 Å². The van der Waals surface area contributed by atoms with Crippen LogP contribution in [-0.4, -0.2) is 49.7 Å². The van der Waals surface area contributed by atoms with Gasteiger partial charge < -0.3 is 9.47 Å². The average molecular weight is 497 g/mol. The van der Waals surface area contributed by atoms with Gasteiger partial charge in [0.05, 0.1) is 52.2 Å². The van der Waals surface area contributed by atoms with Gasteiger partial charge in [0, 0.05) is 18.0 Å². The number of amides is 1. The van der Waals surface area contributed by atoms with E-state index in [1.54, 1.807) is 13.0 Å². The molecule has 0 unspecified atom stereocenters. The number of halogens is 3. The maximum Gasteiger partial charge on any atom is 0.417 e. The van der Waals surface area contributed by atoms with E-state index in [0.717, 1.165) is 12.1 Å². The number of anilines is 1.